The smallest absolute Gasteiger partial charge is 0.140 e. The summed E-state index contributed by atoms with van der Waals surface area (Å²) in [5, 5.41) is 0.543. The largest absolute Gasteiger partial charge is 0.236 e. The average molecular weight is 245 g/mol. The molecule has 0 N–H and O–H groups in total. The van der Waals surface area contributed by atoms with Crippen LogP contribution >= 0.6 is 23.4 Å². The van der Waals surface area contributed by atoms with Gasteiger partial charge in [-0.2, -0.15) is 11.8 Å². The van der Waals surface area contributed by atoms with Gasteiger partial charge in [-0.1, -0.05) is 39.3 Å². The first-order valence-electron chi connectivity index (χ1n) is 5.05. The molecule has 0 aliphatic carbocycles. The van der Waals surface area contributed by atoms with Gasteiger partial charge in [0.05, 0.1) is 11.4 Å². The number of hydrogen-bond acceptors (Lipinski definition) is 3. The molecule has 0 fully saturated rings. The van der Waals surface area contributed by atoms with Crippen molar-refractivity contribution in [1.82, 2.24) is 9.97 Å². The van der Waals surface area contributed by atoms with Gasteiger partial charge < -0.3 is 0 Å². The van der Waals surface area contributed by atoms with Gasteiger partial charge in [0.1, 0.15) is 11.0 Å². The molecule has 0 bridgehead atoms. The molecule has 1 aromatic heterocycles. The minimum atomic E-state index is 0.0260. The Morgan fingerprint density at radius 2 is 2.00 bits per heavy atom. The average Bonchev–Trinajstić information content (AvgIpc) is 2.12. The molecule has 84 valence electrons. The van der Waals surface area contributed by atoms with Gasteiger partial charge in [0, 0.05) is 5.41 Å². The van der Waals surface area contributed by atoms with Crippen LogP contribution in [0.2, 0.25) is 5.15 Å². The van der Waals surface area contributed by atoms with Gasteiger partial charge in [-0.3, -0.25) is 0 Å². The standard InChI is InChI=1S/C11H17ClN2S/c1-5-15-7-10-13-8(11(2,3)4)6-9(12)14-10/h6H,5,7H2,1-4H3. The lowest BCUT2D eigenvalue weighted by atomic mass is 9.92. The number of nitrogens with zero attached hydrogens (tertiary/aromatic N) is 2. The van der Waals surface area contributed by atoms with Crippen molar-refractivity contribution in [2.75, 3.05) is 5.75 Å². The molecular weight excluding hydrogens is 228 g/mol. The van der Waals surface area contributed by atoms with Crippen LogP contribution in [-0.2, 0) is 11.2 Å². The van der Waals surface area contributed by atoms with Gasteiger partial charge in [0.2, 0.25) is 0 Å². The zero-order valence-electron chi connectivity index (χ0n) is 9.67. The van der Waals surface area contributed by atoms with E-state index in [1.807, 2.05) is 6.07 Å². The monoisotopic (exact) mass is 244 g/mol. The van der Waals surface area contributed by atoms with Crippen molar-refractivity contribution < 1.29 is 0 Å². The van der Waals surface area contributed by atoms with Crippen LogP contribution in [0.3, 0.4) is 0 Å². The zero-order chi connectivity index (χ0) is 11.5. The van der Waals surface area contributed by atoms with E-state index in [1.165, 1.54) is 0 Å². The van der Waals surface area contributed by atoms with Crippen molar-refractivity contribution in [1.29, 1.82) is 0 Å². The molecule has 0 saturated heterocycles. The third kappa shape index (κ3) is 3.99. The lowest BCUT2D eigenvalue weighted by Crippen LogP contribution is -2.15. The predicted octanol–water partition coefficient (Wildman–Crippen LogP) is 3.68. The number of halogens is 1. The Labute approximate surface area is 101 Å². The molecule has 0 aliphatic rings. The summed E-state index contributed by atoms with van der Waals surface area (Å²) in [5.74, 6) is 2.74. The minimum absolute atomic E-state index is 0.0260. The molecule has 1 aromatic rings. The first kappa shape index (κ1) is 12.8. The molecule has 1 heterocycles. The van der Waals surface area contributed by atoms with Crippen LogP contribution in [0.5, 0.6) is 0 Å². The second kappa shape index (κ2) is 5.17. The van der Waals surface area contributed by atoms with Crippen molar-refractivity contribution in [3.8, 4) is 0 Å². The molecule has 0 aliphatic heterocycles. The molecule has 4 heteroatoms. The number of aromatic nitrogens is 2. The number of hydrogen-bond donors (Lipinski definition) is 0. The molecule has 0 amide bonds. The van der Waals surface area contributed by atoms with E-state index in [9.17, 15) is 0 Å². The van der Waals surface area contributed by atoms with Crippen LogP contribution in [0.25, 0.3) is 0 Å². The summed E-state index contributed by atoms with van der Waals surface area (Å²) in [6.45, 7) is 8.51. The molecule has 0 aromatic carbocycles. The van der Waals surface area contributed by atoms with Crippen molar-refractivity contribution in [3.63, 3.8) is 0 Å². The summed E-state index contributed by atoms with van der Waals surface area (Å²) in [4.78, 5) is 8.74. The normalized spacial score (nSPS) is 11.8. The van der Waals surface area contributed by atoms with E-state index in [0.29, 0.717) is 5.15 Å². The van der Waals surface area contributed by atoms with Crippen molar-refractivity contribution in [2.24, 2.45) is 0 Å². The lowest BCUT2D eigenvalue weighted by molar-refractivity contribution is 0.564. The summed E-state index contributed by atoms with van der Waals surface area (Å²) >= 11 is 7.78. The molecule has 15 heavy (non-hydrogen) atoms. The van der Waals surface area contributed by atoms with E-state index in [0.717, 1.165) is 23.0 Å². The third-order valence-corrected chi connectivity index (χ3v) is 3.01. The van der Waals surface area contributed by atoms with Crippen LogP contribution in [0.4, 0.5) is 0 Å². The van der Waals surface area contributed by atoms with E-state index in [4.69, 9.17) is 11.6 Å². The van der Waals surface area contributed by atoms with Crippen LogP contribution in [0, 0.1) is 0 Å². The summed E-state index contributed by atoms with van der Waals surface area (Å²) in [5.41, 5.74) is 1.03. The van der Waals surface area contributed by atoms with Gasteiger partial charge in [0.25, 0.3) is 0 Å². The Bertz CT molecular complexity index is 334. The van der Waals surface area contributed by atoms with Crippen LogP contribution in [-0.4, -0.2) is 15.7 Å². The summed E-state index contributed by atoms with van der Waals surface area (Å²) in [7, 11) is 0. The molecular formula is C11H17ClN2S. The van der Waals surface area contributed by atoms with Gasteiger partial charge in [-0.15, -0.1) is 0 Å². The van der Waals surface area contributed by atoms with Crippen molar-refractivity contribution in [3.05, 3.63) is 22.7 Å². The fourth-order valence-electron chi connectivity index (χ4n) is 1.11. The van der Waals surface area contributed by atoms with Crippen LogP contribution in [0.15, 0.2) is 6.07 Å². The Kier molecular flexibility index (Phi) is 4.41. The predicted molar refractivity (Wildman–Crippen MR) is 67.6 cm³/mol. The fourth-order valence-corrected chi connectivity index (χ4v) is 1.82. The number of thioether (sulfide) groups is 1. The topological polar surface area (TPSA) is 25.8 Å². The molecule has 0 radical (unpaired) electrons. The maximum absolute atomic E-state index is 5.97. The third-order valence-electron chi connectivity index (χ3n) is 1.94. The lowest BCUT2D eigenvalue weighted by Gasteiger charge is -2.18. The van der Waals surface area contributed by atoms with Gasteiger partial charge in [-0.25, -0.2) is 9.97 Å². The Hall–Kier alpha value is -0.280. The second-order valence-electron chi connectivity index (χ2n) is 4.38. The van der Waals surface area contributed by atoms with Crippen molar-refractivity contribution >= 4 is 23.4 Å². The van der Waals surface area contributed by atoms with E-state index < -0.39 is 0 Å². The highest BCUT2D eigenvalue weighted by Gasteiger charge is 2.17. The SMILES string of the molecule is CCSCc1nc(Cl)cc(C(C)(C)C)n1. The maximum atomic E-state index is 5.97. The van der Waals surface area contributed by atoms with Crippen LogP contribution < -0.4 is 0 Å². The summed E-state index contributed by atoms with van der Waals surface area (Å²) in [6.07, 6.45) is 0. The van der Waals surface area contributed by atoms with E-state index >= 15 is 0 Å². The molecule has 2 nitrogen and oxygen atoms in total. The molecule has 0 atom stereocenters. The molecule has 0 spiro atoms. The van der Waals surface area contributed by atoms with Crippen LogP contribution in [0.1, 0.15) is 39.2 Å². The summed E-state index contributed by atoms with van der Waals surface area (Å²) < 4.78 is 0. The first-order chi connectivity index (χ1) is 6.93. The zero-order valence-corrected chi connectivity index (χ0v) is 11.2. The molecule has 1 rings (SSSR count). The molecule has 0 unspecified atom stereocenters. The first-order valence-corrected chi connectivity index (χ1v) is 6.58. The Morgan fingerprint density at radius 1 is 1.33 bits per heavy atom. The maximum Gasteiger partial charge on any atom is 0.140 e. The minimum Gasteiger partial charge on any atom is -0.236 e. The van der Waals surface area contributed by atoms with E-state index in [2.05, 4.69) is 37.7 Å². The van der Waals surface area contributed by atoms with Gasteiger partial charge in [-0.05, 0) is 11.8 Å². The van der Waals surface area contributed by atoms with E-state index in [-0.39, 0.29) is 5.41 Å². The van der Waals surface area contributed by atoms with Gasteiger partial charge in [0.15, 0.2) is 0 Å². The van der Waals surface area contributed by atoms with Crippen molar-refractivity contribution in [2.45, 2.75) is 38.9 Å². The highest BCUT2D eigenvalue weighted by molar-refractivity contribution is 7.98. The summed E-state index contributed by atoms with van der Waals surface area (Å²) in [6, 6.07) is 1.85. The van der Waals surface area contributed by atoms with Gasteiger partial charge >= 0.3 is 0 Å². The Morgan fingerprint density at radius 3 is 2.53 bits per heavy atom. The molecule has 0 saturated carbocycles. The fraction of sp³-hybridized carbons (Fsp3) is 0.636. The number of rotatable bonds is 3. The Balaban J connectivity index is 2.95. The van der Waals surface area contributed by atoms with E-state index in [1.54, 1.807) is 11.8 Å². The second-order valence-corrected chi connectivity index (χ2v) is 6.04. The highest BCUT2D eigenvalue weighted by Crippen LogP contribution is 2.23. The highest BCUT2D eigenvalue weighted by atomic mass is 35.5. The quantitative estimate of drug-likeness (QED) is 0.759.